The van der Waals surface area contributed by atoms with Crippen molar-refractivity contribution in [1.29, 1.82) is 0 Å². The van der Waals surface area contributed by atoms with Crippen LogP contribution in [0.15, 0.2) is 16.5 Å². The molecule has 1 aliphatic rings. The number of hydrogen-bond donors (Lipinski definition) is 1. The first-order chi connectivity index (χ1) is 2.50. The topological polar surface area (TPSA) is 36.8 Å². The van der Waals surface area contributed by atoms with Crippen LogP contribution >= 0.6 is 0 Å². The highest BCUT2D eigenvalue weighted by atomic mass is 127. The standard InChI is InChI=1S/C2H2N3.HI/c1-2-4-5-3-1;/h1H,(H,3,4,5);1H/q+1;/p-1. The minimum Gasteiger partial charge on any atom is -1.00 e. The zero-order chi connectivity index (χ0) is 3.54. The quantitative estimate of drug-likeness (QED) is 0.330. The lowest BCUT2D eigenvalue weighted by atomic mass is 11.0. The summed E-state index contributed by atoms with van der Waals surface area (Å²) in [6.07, 6.45) is 3.97. The number of nitrogens with zero attached hydrogens (tertiary/aromatic N) is 2. The molecule has 0 radical (unpaired) electrons. The molecule has 0 saturated carbocycles. The van der Waals surface area contributed by atoms with Crippen LogP contribution in [-0.2, 0) is 0 Å². The van der Waals surface area contributed by atoms with Crippen molar-refractivity contribution in [2.45, 2.75) is 0 Å². The maximum Gasteiger partial charge on any atom is 0.445 e. The minimum atomic E-state index is 0. The second-order valence-corrected chi connectivity index (χ2v) is 0.603. The lowest BCUT2D eigenvalue weighted by Gasteiger charge is -1.56. The molecular weight excluding hydrogens is 193 g/mol. The average molecular weight is 195 g/mol. The molecule has 0 amide bonds. The van der Waals surface area contributed by atoms with Crippen molar-refractivity contribution >= 4 is 0 Å². The third-order valence-corrected chi connectivity index (χ3v) is 0.295. The van der Waals surface area contributed by atoms with Gasteiger partial charge in [-0.25, -0.2) is 5.43 Å². The smallest absolute Gasteiger partial charge is 0.445 e. The molecule has 0 fully saturated rings. The molecule has 1 heterocycles. The summed E-state index contributed by atoms with van der Waals surface area (Å²) < 4.78 is 0. The Morgan fingerprint density at radius 2 is 2.50 bits per heavy atom. The molecule has 4 heteroatoms. The van der Waals surface area contributed by atoms with Crippen LogP contribution in [-0.4, -0.2) is 0 Å². The molecule has 1 rings (SSSR count). The van der Waals surface area contributed by atoms with E-state index in [0.717, 1.165) is 0 Å². The summed E-state index contributed by atoms with van der Waals surface area (Å²) >= 11 is 0. The van der Waals surface area contributed by atoms with Crippen LogP contribution in [0.5, 0.6) is 0 Å². The summed E-state index contributed by atoms with van der Waals surface area (Å²) in [5.41, 5.74) is 2.44. The first kappa shape index (κ1) is 5.78. The van der Waals surface area contributed by atoms with Gasteiger partial charge in [0.05, 0.1) is 0 Å². The van der Waals surface area contributed by atoms with E-state index in [2.05, 4.69) is 22.0 Å². The fourth-order valence-corrected chi connectivity index (χ4v) is 0.144. The summed E-state index contributed by atoms with van der Waals surface area (Å²) in [6.45, 7) is 0. The number of hydrogen-bond acceptors (Lipinski definition) is 3. The largest absolute Gasteiger partial charge is 1.00 e. The van der Waals surface area contributed by atoms with Gasteiger partial charge in [0, 0.05) is 0 Å². The highest BCUT2D eigenvalue weighted by molar-refractivity contribution is 4.68. The van der Waals surface area contributed by atoms with Crippen molar-refractivity contribution in [3.05, 3.63) is 12.4 Å². The van der Waals surface area contributed by atoms with Crippen LogP contribution in [0.1, 0.15) is 0 Å². The van der Waals surface area contributed by atoms with Gasteiger partial charge in [0.15, 0.2) is 0 Å². The van der Waals surface area contributed by atoms with Crippen molar-refractivity contribution < 1.29 is 24.0 Å². The van der Waals surface area contributed by atoms with Crippen molar-refractivity contribution in [2.75, 3.05) is 0 Å². The number of rotatable bonds is 0. The summed E-state index contributed by atoms with van der Waals surface area (Å²) in [6, 6.07) is 0. The van der Waals surface area contributed by atoms with Crippen LogP contribution in [0.25, 0.3) is 0 Å². The van der Waals surface area contributed by atoms with E-state index in [4.69, 9.17) is 0 Å². The Hall–Kier alpha value is -0.220. The predicted molar refractivity (Wildman–Crippen MR) is 15.8 cm³/mol. The van der Waals surface area contributed by atoms with E-state index in [0.29, 0.717) is 0 Å². The van der Waals surface area contributed by atoms with Crippen molar-refractivity contribution in [2.24, 2.45) is 10.3 Å². The maximum absolute atomic E-state index is 3.29. The van der Waals surface area contributed by atoms with E-state index in [1.807, 2.05) is 0 Å². The molecule has 3 nitrogen and oxygen atoms in total. The zero-order valence-corrected chi connectivity index (χ0v) is 5.01. The van der Waals surface area contributed by atoms with Crippen molar-refractivity contribution in [3.8, 4) is 0 Å². The predicted octanol–water partition coefficient (Wildman–Crippen LogP) is -2.76. The zero-order valence-electron chi connectivity index (χ0n) is 2.85. The van der Waals surface area contributed by atoms with Crippen molar-refractivity contribution in [1.82, 2.24) is 5.43 Å². The van der Waals surface area contributed by atoms with E-state index in [1.165, 1.54) is 6.20 Å². The maximum atomic E-state index is 3.29. The third-order valence-electron chi connectivity index (χ3n) is 0.295. The van der Waals surface area contributed by atoms with Gasteiger partial charge in [-0.2, -0.15) is 0 Å². The Labute approximate surface area is 52.5 Å². The molecule has 6 heavy (non-hydrogen) atoms. The minimum absolute atomic E-state index is 0. The van der Waals surface area contributed by atoms with Gasteiger partial charge in [-0.15, -0.1) is 0 Å². The van der Waals surface area contributed by atoms with Gasteiger partial charge in [0.1, 0.15) is 5.11 Å². The van der Waals surface area contributed by atoms with E-state index in [-0.39, 0.29) is 24.0 Å². The Morgan fingerprint density at radius 3 is 2.67 bits per heavy atom. The van der Waals surface area contributed by atoms with Crippen LogP contribution < -0.4 is 29.4 Å². The first-order valence-corrected chi connectivity index (χ1v) is 1.22. The van der Waals surface area contributed by atoms with Gasteiger partial charge >= 0.3 is 6.20 Å². The van der Waals surface area contributed by atoms with Gasteiger partial charge < -0.3 is 24.0 Å². The monoisotopic (exact) mass is 195 g/mol. The fraction of sp³-hybridized carbons (Fsp3) is 0. The molecule has 0 saturated heterocycles. The molecule has 0 atom stereocenters. The normalized spacial score (nSPS) is 12.0. The Bertz CT molecular complexity index is 66.9. The number of nitrogens with one attached hydrogen (secondary N) is 1. The summed E-state index contributed by atoms with van der Waals surface area (Å²) in [4.78, 5) is 0. The number of halogens is 1. The highest BCUT2D eigenvalue weighted by Gasteiger charge is 1.92. The molecule has 0 bridgehead atoms. The third kappa shape index (κ3) is 1.28. The highest BCUT2D eigenvalue weighted by Crippen LogP contribution is 1.77. The second-order valence-electron chi connectivity index (χ2n) is 0.603. The van der Waals surface area contributed by atoms with Crippen LogP contribution in [0.3, 0.4) is 0 Å². The van der Waals surface area contributed by atoms with Crippen LogP contribution in [0.2, 0.25) is 0 Å². The van der Waals surface area contributed by atoms with Gasteiger partial charge in [-0.3, -0.25) is 0 Å². The fourth-order valence-electron chi connectivity index (χ4n) is 0.144. The summed E-state index contributed by atoms with van der Waals surface area (Å²) in [7, 11) is 0. The van der Waals surface area contributed by atoms with Gasteiger partial charge in [-0.1, -0.05) is 0 Å². The lowest BCUT2D eigenvalue weighted by molar-refractivity contribution is -0.00000113. The first-order valence-electron chi connectivity index (χ1n) is 1.22. The van der Waals surface area contributed by atoms with Gasteiger partial charge in [0.25, 0.3) is 6.20 Å². The average Bonchev–Trinajstić information content (AvgIpc) is 1.76. The molecule has 1 N–H and O–H groups in total. The summed E-state index contributed by atoms with van der Waals surface area (Å²) in [5, 5.41) is 6.58. The van der Waals surface area contributed by atoms with E-state index in [1.54, 1.807) is 0 Å². The Kier molecular flexibility index (Phi) is 2.88. The molecular formula is C2H2IN3. The molecule has 32 valence electrons. The molecule has 1 aliphatic heterocycles. The molecule has 0 unspecified atom stereocenters. The van der Waals surface area contributed by atoms with Gasteiger partial charge in [-0.05, 0) is 5.22 Å². The molecule has 0 aromatic carbocycles. The Balaban J connectivity index is 0.000000250. The molecule has 0 aromatic rings. The molecule has 0 spiro atoms. The second kappa shape index (κ2) is 2.99. The van der Waals surface area contributed by atoms with Crippen LogP contribution in [0.4, 0.5) is 0 Å². The molecule has 0 aromatic heterocycles. The van der Waals surface area contributed by atoms with E-state index < -0.39 is 0 Å². The Morgan fingerprint density at radius 1 is 1.67 bits per heavy atom. The van der Waals surface area contributed by atoms with E-state index in [9.17, 15) is 0 Å². The lowest BCUT2D eigenvalue weighted by Crippen LogP contribution is -3.00. The summed E-state index contributed by atoms with van der Waals surface area (Å²) in [5.74, 6) is 0. The van der Waals surface area contributed by atoms with Crippen LogP contribution in [0, 0.1) is 6.20 Å². The van der Waals surface area contributed by atoms with Crippen molar-refractivity contribution in [3.63, 3.8) is 0 Å². The molecule has 0 aliphatic carbocycles. The SMILES string of the molecule is [C+]1=CNN=N1.[I-]. The van der Waals surface area contributed by atoms with Gasteiger partial charge in [0.2, 0.25) is 0 Å². The van der Waals surface area contributed by atoms with E-state index >= 15 is 0 Å².